The Morgan fingerprint density at radius 2 is 2.04 bits per heavy atom. The van der Waals surface area contributed by atoms with Crippen molar-refractivity contribution < 1.29 is 18.3 Å². The highest BCUT2D eigenvalue weighted by atomic mass is 19.4. The van der Waals surface area contributed by atoms with Gasteiger partial charge in [0.15, 0.2) is 12.4 Å². The number of rotatable bonds is 4. The quantitative estimate of drug-likeness (QED) is 0.904. The van der Waals surface area contributed by atoms with Crippen molar-refractivity contribution in [3.63, 3.8) is 0 Å². The molecule has 1 saturated heterocycles. The summed E-state index contributed by atoms with van der Waals surface area (Å²) in [6.07, 6.45) is 1.62. The Balaban J connectivity index is 1.66. The first-order valence-corrected chi connectivity index (χ1v) is 8.54. The number of aromatic nitrogens is 4. The smallest absolute Gasteiger partial charge is 0.390 e. The van der Waals surface area contributed by atoms with Crippen molar-refractivity contribution in [3.05, 3.63) is 5.82 Å². The van der Waals surface area contributed by atoms with E-state index in [0.717, 1.165) is 45.1 Å². The predicted molar refractivity (Wildman–Crippen MR) is 79.9 cm³/mol. The second-order valence-corrected chi connectivity index (χ2v) is 7.24. The van der Waals surface area contributed by atoms with E-state index in [-0.39, 0.29) is 12.0 Å². The first-order valence-electron chi connectivity index (χ1n) is 8.54. The maximum Gasteiger partial charge on any atom is 0.409 e. The summed E-state index contributed by atoms with van der Waals surface area (Å²) in [6.45, 7) is 1.92. The SMILES string of the molecule is C[C@]1(O)CCCC[C@@H]1[C@@H]1CCCN1Cc1nnn(CC(F)(F)F)n1. The number of likely N-dealkylation sites (tertiary alicyclic amines) is 1. The molecule has 0 amide bonds. The minimum Gasteiger partial charge on any atom is -0.390 e. The largest absolute Gasteiger partial charge is 0.409 e. The number of halogens is 3. The Bertz CT molecular complexity index is 560. The zero-order chi connectivity index (χ0) is 17.4. The minimum absolute atomic E-state index is 0.193. The van der Waals surface area contributed by atoms with E-state index in [2.05, 4.69) is 20.3 Å². The second-order valence-electron chi connectivity index (χ2n) is 7.24. The number of tetrazole rings is 1. The minimum atomic E-state index is -4.35. The van der Waals surface area contributed by atoms with Gasteiger partial charge in [0.2, 0.25) is 0 Å². The van der Waals surface area contributed by atoms with Crippen LogP contribution in [0.25, 0.3) is 0 Å². The molecule has 2 aliphatic rings. The molecule has 3 atom stereocenters. The molecule has 24 heavy (non-hydrogen) atoms. The molecule has 1 saturated carbocycles. The third-order valence-electron chi connectivity index (χ3n) is 5.29. The maximum atomic E-state index is 12.4. The van der Waals surface area contributed by atoms with Gasteiger partial charge in [-0.2, -0.15) is 18.0 Å². The van der Waals surface area contributed by atoms with Gasteiger partial charge >= 0.3 is 6.18 Å². The predicted octanol–water partition coefficient (Wildman–Crippen LogP) is 2.14. The summed E-state index contributed by atoms with van der Waals surface area (Å²) in [5, 5.41) is 21.8. The lowest BCUT2D eigenvalue weighted by atomic mass is 9.72. The van der Waals surface area contributed by atoms with Gasteiger partial charge in [0.1, 0.15) is 0 Å². The van der Waals surface area contributed by atoms with Gasteiger partial charge in [-0.25, -0.2) is 0 Å². The van der Waals surface area contributed by atoms with Crippen LogP contribution >= 0.6 is 0 Å². The Morgan fingerprint density at radius 1 is 1.25 bits per heavy atom. The summed E-state index contributed by atoms with van der Waals surface area (Å²) in [7, 11) is 0. The lowest BCUT2D eigenvalue weighted by Crippen LogP contribution is -2.48. The van der Waals surface area contributed by atoms with Gasteiger partial charge in [0.25, 0.3) is 0 Å². The Kier molecular flexibility index (Phi) is 4.83. The average molecular weight is 347 g/mol. The maximum absolute atomic E-state index is 12.4. The average Bonchev–Trinajstić information content (AvgIpc) is 3.07. The van der Waals surface area contributed by atoms with Crippen molar-refractivity contribution in [1.29, 1.82) is 0 Å². The molecule has 2 heterocycles. The highest BCUT2D eigenvalue weighted by Gasteiger charge is 2.43. The van der Waals surface area contributed by atoms with Crippen LogP contribution in [-0.2, 0) is 13.1 Å². The molecule has 1 aliphatic heterocycles. The first-order chi connectivity index (χ1) is 11.2. The molecule has 0 aromatic carbocycles. The molecule has 1 aromatic heterocycles. The number of alkyl halides is 3. The topological polar surface area (TPSA) is 67.1 Å². The molecule has 1 aromatic rings. The van der Waals surface area contributed by atoms with Crippen LogP contribution in [0.1, 0.15) is 51.3 Å². The van der Waals surface area contributed by atoms with Crippen LogP contribution < -0.4 is 0 Å². The molecule has 0 spiro atoms. The highest BCUT2D eigenvalue weighted by Crippen LogP contribution is 2.40. The summed E-state index contributed by atoms with van der Waals surface area (Å²) in [5.74, 6) is 0.501. The number of hydrogen-bond donors (Lipinski definition) is 1. The molecular formula is C15H24F3N5O. The highest BCUT2D eigenvalue weighted by molar-refractivity contribution is 4.97. The van der Waals surface area contributed by atoms with Crippen LogP contribution in [0.15, 0.2) is 0 Å². The van der Waals surface area contributed by atoms with E-state index in [9.17, 15) is 18.3 Å². The summed E-state index contributed by atoms with van der Waals surface area (Å²) < 4.78 is 37.1. The normalized spacial score (nSPS) is 32.4. The van der Waals surface area contributed by atoms with Gasteiger partial charge in [-0.1, -0.05) is 12.8 Å². The number of hydrogen-bond acceptors (Lipinski definition) is 5. The molecule has 0 unspecified atom stereocenters. The van der Waals surface area contributed by atoms with Gasteiger partial charge in [0.05, 0.1) is 12.1 Å². The molecule has 136 valence electrons. The molecule has 1 aliphatic carbocycles. The molecule has 3 rings (SSSR count). The standard InChI is InChI=1S/C15H24F3N5O/c1-14(24)7-3-2-5-11(14)12-6-4-8-22(12)9-13-19-21-23(20-13)10-15(16,17)18/h11-12,24H,2-10H2,1H3/t11-,12+,14+/m1/s1. The molecule has 9 heteroatoms. The number of nitrogens with zero attached hydrogens (tertiary/aromatic N) is 5. The van der Waals surface area contributed by atoms with E-state index >= 15 is 0 Å². The van der Waals surface area contributed by atoms with E-state index in [4.69, 9.17) is 0 Å². The lowest BCUT2D eigenvalue weighted by molar-refractivity contribution is -0.145. The molecular weight excluding hydrogens is 323 g/mol. The molecule has 6 nitrogen and oxygen atoms in total. The molecule has 2 fully saturated rings. The summed E-state index contributed by atoms with van der Waals surface area (Å²) >= 11 is 0. The van der Waals surface area contributed by atoms with Crippen molar-refractivity contribution in [2.75, 3.05) is 6.54 Å². The third kappa shape index (κ3) is 4.05. The number of aliphatic hydroxyl groups is 1. The van der Waals surface area contributed by atoms with Gasteiger partial charge in [-0.15, -0.1) is 10.2 Å². The van der Waals surface area contributed by atoms with E-state index in [0.29, 0.717) is 17.2 Å². The van der Waals surface area contributed by atoms with E-state index in [1.54, 1.807) is 0 Å². The van der Waals surface area contributed by atoms with Gasteiger partial charge in [-0.3, -0.25) is 4.90 Å². The van der Waals surface area contributed by atoms with Crippen LogP contribution in [0.3, 0.4) is 0 Å². The summed E-state index contributed by atoms with van der Waals surface area (Å²) in [6, 6.07) is 0.231. The van der Waals surface area contributed by atoms with E-state index < -0.39 is 18.3 Å². The Hall–Kier alpha value is -1.22. The van der Waals surface area contributed by atoms with Crippen LogP contribution in [0.5, 0.6) is 0 Å². The fraction of sp³-hybridized carbons (Fsp3) is 0.933. The Labute approximate surface area is 139 Å². The summed E-state index contributed by atoms with van der Waals surface area (Å²) in [5.41, 5.74) is -0.674. The second kappa shape index (κ2) is 6.59. The Morgan fingerprint density at radius 3 is 2.75 bits per heavy atom. The van der Waals surface area contributed by atoms with E-state index in [1.807, 2.05) is 6.92 Å². The fourth-order valence-electron chi connectivity index (χ4n) is 4.20. The van der Waals surface area contributed by atoms with Crippen LogP contribution in [-0.4, -0.2) is 54.6 Å². The zero-order valence-electron chi connectivity index (χ0n) is 13.8. The van der Waals surface area contributed by atoms with Crippen molar-refractivity contribution in [1.82, 2.24) is 25.1 Å². The first kappa shape index (κ1) is 17.6. The lowest BCUT2D eigenvalue weighted by Gasteiger charge is -2.43. The molecule has 0 radical (unpaired) electrons. The monoisotopic (exact) mass is 347 g/mol. The molecule has 1 N–H and O–H groups in total. The summed E-state index contributed by atoms with van der Waals surface area (Å²) in [4.78, 5) is 2.79. The van der Waals surface area contributed by atoms with Gasteiger partial charge < -0.3 is 5.11 Å². The van der Waals surface area contributed by atoms with Crippen molar-refractivity contribution >= 4 is 0 Å². The van der Waals surface area contributed by atoms with E-state index in [1.165, 1.54) is 0 Å². The van der Waals surface area contributed by atoms with Crippen molar-refractivity contribution in [2.45, 2.75) is 76.4 Å². The van der Waals surface area contributed by atoms with Crippen LogP contribution in [0.4, 0.5) is 13.2 Å². The van der Waals surface area contributed by atoms with Gasteiger partial charge in [-0.05, 0) is 44.4 Å². The fourth-order valence-corrected chi connectivity index (χ4v) is 4.20. The zero-order valence-corrected chi connectivity index (χ0v) is 13.8. The van der Waals surface area contributed by atoms with Gasteiger partial charge in [0, 0.05) is 12.0 Å². The van der Waals surface area contributed by atoms with Crippen molar-refractivity contribution in [3.8, 4) is 0 Å². The van der Waals surface area contributed by atoms with Crippen LogP contribution in [0, 0.1) is 5.92 Å². The van der Waals surface area contributed by atoms with Crippen LogP contribution in [0.2, 0.25) is 0 Å². The third-order valence-corrected chi connectivity index (χ3v) is 5.29. The van der Waals surface area contributed by atoms with Crippen molar-refractivity contribution in [2.24, 2.45) is 5.92 Å². The molecule has 0 bridgehead atoms.